The van der Waals surface area contributed by atoms with Crippen LogP contribution in [0.15, 0.2) is 18.2 Å². The molecule has 0 aliphatic carbocycles. The van der Waals surface area contributed by atoms with Crippen molar-refractivity contribution in [2.75, 3.05) is 0 Å². The van der Waals surface area contributed by atoms with Crippen molar-refractivity contribution >= 4 is 0 Å². The van der Waals surface area contributed by atoms with Gasteiger partial charge in [-0.1, -0.05) is 32.9 Å². The molecule has 2 atom stereocenters. The van der Waals surface area contributed by atoms with E-state index in [0.717, 1.165) is 11.3 Å². The zero-order valence-electron chi connectivity index (χ0n) is 11.5. The molecule has 2 unspecified atom stereocenters. The topological polar surface area (TPSA) is 29.5 Å². The molecule has 0 heterocycles. The molecule has 1 aromatic rings. The second-order valence-electron chi connectivity index (χ2n) is 4.98. The Bertz CT molecular complexity index is 358. The molecule has 0 bridgehead atoms. The minimum Gasteiger partial charge on any atom is -0.488 e. The number of hydrogen-bond donors (Lipinski definition) is 1. The maximum atomic E-state index is 9.73. The van der Waals surface area contributed by atoms with Gasteiger partial charge in [0.2, 0.25) is 0 Å². The molecule has 0 aliphatic rings. The summed E-state index contributed by atoms with van der Waals surface area (Å²) in [4.78, 5) is 0. The highest BCUT2D eigenvalue weighted by Crippen LogP contribution is 2.25. The van der Waals surface area contributed by atoms with Gasteiger partial charge in [0.1, 0.15) is 11.9 Å². The molecule has 0 saturated heterocycles. The Kier molecular flexibility index (Phi) is 5.01. The summed E-state index contributed by atoms with van der Waals surface area (Å²) in [6, 6.07) is 6.29. The van der Waals surface area contributed by atoms with Gasteiger partial charge in [-0.15, -0.1) is 0 Å². The Morgan fingerprint density at radius 2 is 1.88 bits per heavy atom. The van der Waals surface area contributed by atoms with Gasteiger partial charge in [0.05, 0.1) is 6.10 Å². The number of benzene rings is 1. The summed E-state index contributed by atoms with van der Waals surface area (Å²) in [6.07, 6.45) is 0.141. The van der Waals surface area contributed by atoms with Gasteiger partial charge >= 0.3 is 0 Å². The molecular formula is C15H24O2. The highest BCUT2D eigenvalue weighted by atomic mass is 16.5. The number of aliphatic hydroxyl groups is 1. The maximum Gasteiger partial charge on any atom is 0.123 e. The van der Waals surface area contributed by atoms with E-state index in [1.165, 1.54) is 5.56 Å². The van der Waals surface area contributed by atoms with E-state index in [1.54, 1.807) is 0 Å². The van der Waals surface area contributed by atoms with E-state index in [4.69, 9.17) is 4.74 Å². The van der Waals surface area contributed by atoms with Crippen LogP contribution < -0.4 is 4.74 Å². The van der Waals surface area contributed by atoms with Crippen LogP contribution in [0, 0.1) is 6.92 Å². The first-order chi connectivity index (χ1) is 7.95. The third-order valence-electron chi connectivity index (χ3n) is 3.15. The average Bonchev–Trinajstić information content (AvgIpc) is 2.30. The zero-order valence-corrected chi connectivity index (χ0v) is 11.5. The minimum atomic E-state index is -0.405. The standard InChI is InChI=1S/C15H24O2/c1-6-14(16)12(5)17-15-9-13(10(2)3)8-7-11(15)4/h7-10,12,14,16H,6H2,1-5H3. The molecule has 0 radical (unpaired) electrons. The Morgan fingerprint density at radius 1 is 1.24 bits per heavy atom. The SMILES string of the molecule is CCC(O)C(C)Oc1cc(C(C)C)ccc1C. The lowest BCUT2D eigenvalue weighted by atomic mass is 10.0. The molecule has 1 N–H and O–H groups in total. The lowest BCUT2D eigenvalue weighted by Gasteiger charge is -2.21. The van der Waals surface area contributed by atoms with Crippen LogP contribution in [0.5, 0.6) is 5.75 Å². The molecule has 2 nitrogen and oxygen atoms in total. The fraction of sp³-hybridized carbons (Fsp3) is 0.600. The van der Waals surface area contributed by atoms with Crippen molar-refractivity contribution in [2.45, 2.75) is 59.2 Å². The van der Waals surface area contributed by atoms with Gasteiger partial charge in [0.25, 0.3) is 0 Å². The zero-order chi connectivity index (χ0) is 13.0. The van der Waals surface area contributed by atoms with Crippen LogP contribution in [-0.4, -0.2) is 17.3 Å². The lowest BCUT2D eigenvalue weighted by molar-refractivity contribution is 0.0447. The van der Waals surface area contributed by atoms with Crippen LogP contribution in [-0.2, 0) is 0 Å². The summed E-state index contributed by atoms with van der Waals surface area (Å²) in [6.45, 7) is 10.2. The summed E-state index contributed by atoms with van der Waals surface area (Å²) < 4.78 is 5.84. The molecular weight excluding hydrogens is 212 g/mol. The Balaban J connectivity index is 2.86. The third kappa shape index (κ3) is 3.74. The van der Waals surface area contributed by atoms with E-state index in [9.17, 15) is 5.11 Å². The lowest BCUT2D eigenvalue weighted by Crippen LogP contribution is -2.28. The molecule has 0 aromatic heterocycles. The van der Waals surface area contributed by atoms with Gasteiger partial charge in [0.15, 0.2) is 0 Å². The number of aryl methyl sites for hydroxylation is 1. The monoisotopic (exact) mass is 236 g/mol. The van der Waals surface area contributed by atoms with Crippen molar-refractivity contribution in [3.63, 3.8) is 0 Å². The van der Waals surface area contributed by atoms with Crippen LogP contribution in [0.4, 0.5) is 0 Å². The summed E-state index contributed by atoms with van der Waals surface area (Å²) >= 11 is 0. The van der Waals surface area contributed by atoms with Crippen molar-refractivity contribution in [3.8, 4) is 5.75 Å². The van der Waals surface area contributed by atoms with E-state index >= 15 is 0 Å². The molecule has 17 heavy (non-hydrogen) atoms. The Morgan fingerprint density at radius 3 is 2.41 bits per heavy atom. The van der Waals surface area contributed by atoms with E-state index in [2.05, 4.69) is 32.0 Å². The molecule has 1 aromatic carbocycles. The minimum absolute atomic E-state index is 0.166. The molecule has 96 valence electrons. The summed E-state index contributed by atoms with van der Waals surface area (Å²) in [5.41, 5.74) is 2.38. The van der Waals surface area contributed by atoms with Crippen molar-refractivity contribution < 1.29 is 9.84 Å². The van der Waals surface area contributed by atoms with E-state index < -0.39 is 6.10 Å². The van der Waals surface area contributed by atoms with Crippen LogP contribution >= 0.6 is 0 Å². The number of aliphatic hydroxyl groups excluding tert-OH is 1. The van der Waals surface area contributed by atoms with E-state index in [1.807, 2.05) is 20.8 Å². The van der Waals surface area contributed by atoms with Gasteiger partial charge < -0.3 is 9.84 Å². The summed E-state index contributed by atoms with van der Waals surface area (Å²) in [5, 5.41) is 9.73. The van der Waals surface area contributed by atoms with Crippen molar-refractivity contribution in [1.29, 1.82) is 0 Å². The van der Waals surface area contributed by atoms with Gasteiger partial charge in [-0.2, -0.15) is 0 Å². The van der Waals surface area contributed by atoms with Crippen molar-refractivity contribution in [2.24, 2.45) is 0 Å². The number of ether oxygens (including phenoxy) is 1. The fourth-order valence-electron chi connectivity index (χ4n) is 1.71. The highest BCUT2D eigenvalue weighted by molar-refractivity contribution is 5.37. The highest BCUT2D eigenvalue weighted by Gasteiger charge is 2.15. The largest absolute Gasteiger partial charge is 0.488 e. The molecule has 0 aliphatic heterocycles. The second kappa shape index (κ2) is 6.06. The molecule has 0 fully saturated rings. The van der Waals surface area contributed by atoms with Gasteiger partial charge in [0, 0.05) is 0 Å². The third-order valence-corrected chi connectivity index (χ3v) is 3.15. The second-order valence-corrected chi connectivity index (χ2v) is 4.98. The van der Waals surface area contributed by atoms with E-state index in [0.29, 0.717) is 12.3 Å². The average molecular weight is 236 g/mol. The Hall–Kier alpha value is -1.02. The van der Waals surface area contributed by atoms with E-state index in [-0.39, 0.29) is 6.10 Å². The van der Waals surface area contributed by atoms with Gasteiger partial charge in [-0.3, -0.25) is 0 Å². The number of rotatable bonds is 5. The molecule has 0 amide bonds. The van der Waals surface area contributed by atoms with Crippen molar-refractivity contribution in [1.82, 2.24) is 0 Å². The predicted molar refractivity (Wildman–Crippen MR) is 71.7 cm³/mol. The smallest absolute Gasteiger partial charge is 0.123 e. The summed E-state index contributed by atoms with van der Waals surface area (Å²) in [7, 11) is 0. The first-order valence-electron chi connectivity index (χ1n) is 6.41. The maximum absolute atomic E-state index is 9.73. The van der Waals surface area contributed by atoms with Crippen LogP contribution in [0.1, 0.15) is 51.2 Å². The fourth-order valence-corrected chi connectivity index (χ4v) is 1.71. The normalized spacial score (nSPS) is 14.8. The van der Waals surface area contributed by atoms with Crippen LogP contribution in [0.3, 0.4) is 0 Å². The molecule has 0 saturated carbocycles. The molecule has 1 rings (SSSR count). The van der Waals surface area contributed by atoms with Crippen LogP contribution in [0.25, 0.3) is 0 Å². The van der Waals surface area contributed by atoms with Gasteiger partial charge in [-0.05, 0) is 43.4 Å². The van der Waals surface area contributed by atoms with Gasteiger partial charge in [-0.25, -0.2) is 0 Å². The summed E-state index contributed by atoms with van der Waals surface area (Å²) in [5.74, 6) is 1.38. The Labute approximate surface area is 105 Å². The van der Waals surface area contributed by atoms with Crippen LogP contribution in [0.2, 0.25) is 0 Å². The predicted octanol–water partition coefficient (Wildman–Crippen LogP) is 3.66. The first-order valence-corrected chi connectivity index (χ1v) is 6.41. The number of hydrogen-bond acceptors (Lipinski definition) is 2. The molecule has 0 spiro atoms. The van der Waals surface area contributed by atoms with Crippen molar-refractivity contribution in [3.05, 3.63) is 29.3 Å². The quantitative estimate of drug-likeness (QED) is 0.845. The first kappa shape index (κ1) is 14.0. The molecule has 2 heteroatoms.